The van der Waals surface area contributed by atoms with Crippen LogP contribution in [0.25, 0.3) is 0 Å². The van der Waals surface area contributed by atoms with Crippen LogP contribution in [-0.2, 0) is 19.7 Å². The SMILES string of the molecule is CC1(CCN=C(OC=N)C2CCC(N)CC2)CCC2(CC1)N[C@@H](C(=O)O)[C@H](c1ccnc(Cl)c1)C21C(=O)Nc2cc(Cl)ccc21. The normalized spacial score (nSPS) is 34.5. The van der Waals surface area contributed by atoms with Crippen molar-refractivity contribution in [1.29, 1.82) is 5.41 Å². The average molecular weight is 656 g/mol. The van der Waals surface area contributed by atoms with Crippen LogP contribution in [0.1, 0.15) is 81.8 Å². The predicted molar refractivity (Wildman–Crippen MR) is 174 cm³/mol. The summed E-state index contributed by atoms with van der Waals surface area (Å²) in [6.45, 7) is 2.80. The lowest BCUT2D eigenvalue weighted by atomic mass is 9.53. The number of aliphatic carboxylic acids is 1. The van der Waals surface area contributed by atoms with Gasteiger partial charge in [0.05, 0.1) is 0 Å². The maximum atomic E-state index is 14.4. The number of hydrogen-bond acceptors (Lipinski definition) is 8. The van der Waals surface area contributed by atoms with E-state index in [0.717, 1.165) is 56.9 Å². The molecule has 10 nitrogen and oxygen atoms in total. The molecule has 1 aromatic carbocycles. The lowest BCUT2D eigenvalue weighted by Gasteiger charge is -2.51. The first kappa shape index (κ1) is 31.9. The fraction of sp³-hybridized carbons (Fsp3) is 0.545. The number of ether oxygens (including phenoxy) is 1. The first-order valence-electron chi connectivity index (χ1n) is 15.7. The van der Waals surface area contributed by atoms with Crippen LogP contribution in [0.4, 0.5) is 5.69 Å². The average Bonchev–Trinajstić information content (AvgIpc) is 3.47. The Hall–Kier alpha value is -3.05. The van der Waals surface area contributed by atoms with Gasteiger partial charge in [-0.05, 0) is 98.6 Å². The molecule has 2 aliphatic carbocycles. The van der Waals surface area contributed by atoms with Gasteiger partial charge >= 0.3 is 5.97 Å². The van der Waals surface area contributed by atoms with Crippen LogP contribution < -0.4 is 16.4 Å². The molecule has 1 amide bonds. The maximum absolute atomic E-state index is 14.4. The van der Waals surface area contributed by atoms with Gasteiger partial charge in [-0.2, -0.15) is 0 Å². The van der Waals surface area contributed by atoms with Gasteiger partial charge in [-0.15, -0.1) is 0 Å². The molecule has 2 aliphatic heterocycles. The minimum atomic E-state index is -1.22. The Labute approximate surface area is 273 Å². The molecule has 6 N–H and O–H groups in total. The molecular weight excluding hydrogens is 615 g/mol. The summed E-state index contributed by atoms with van der Waals surface area (Å²) in [5.41, 5.74) is 5.96. The van der Waals surface area contributed by atoms with Crippen LogP contribution in [0.5, 0.6) is 0 Å². The highest BCUT2D eigenvalue weighted by Crippen LogP contribution is 2.64. The molecule has 4 aliphatic rings. The first-order chi connectivity index (χ1) is 21.5. The third-order valence-corrected chi connectivity index (χ3v) is 11.4. The number of carboxylic acid groups (broad SMARTS) is 1. The van der Waals surface area contributed by atoms with Gasteiger partial charge < -0.3 is 20.9 Å². The molecule has 1 unspecified atom stereocenters. The van der Waals surface area contributed by atoms with E-state index in [-0.39, 0.29) is 28.4 Å². The first-order valence-corrected chi connectivity index (χ1v) is 16.5. The lowest BCUT2D eigenvalue weighted by molar-refractivity contribution is -0.139. The summed E-state index contributed by atoms with van der Waals surface area (Å²) >= 11 is 12.7. The van der Waals surface area contributed by atoms with E-state index in [9.17, 15) is 14.7 Å². The standard InChI is InChI=1S/C33H40Cl2N6O4/c1-31(13-15-39-28(45-18-36)19-2-5-22(37)6-3-19)9-11-32(12-10-31)33(23-7-4-21(34)17-24(23)40-30(33)44)26(27(41-32)29(42)43)20-8-14-38-25(35)16-20/h4,7-8,14,16-19,22,26-27,36,41H,2-3,5-6,9-13,15,37H2,1H3,(H,40,44)(H,42,43)/t19?,22?,26-,27+,31?,32?,33?/m0/s1. The molecule has 240 valence electrons. The summed E-state index contributed by atoms with van der Waals surface area (Å²) in [6, 6.07) is 7.98. The Bertz CT molecular complexity index is 1520. The van der Waals surface area contributed by atoms with E-state index in [1.165, 1.54) is 0 Å². The number of benzene rings is 1. The number of pyridine rings is 1. The van der Waals surface area contributed by atoms with Crippen LogP contribution in [0.3, 0.4) is 0 Å². The zero-order valence-corrected chi connectivity index (χ0v) is 26.8. The quantitative estimate of drug-likeness (QED) is 0.146. The van der Waals surface area contributed by atoms with Crippen molar-refractivity contribution in [3.63, 3.8) is 0 Å². The number of amides is 1. The van der Waals surface area contributed by atoms with E-state index in [2.05, 4.69) is 22.5 Å². The fourth-order valence-electron chi connectivity index (χ4n) is 8.59. The van der Waals surface area contributed by atoms with Gasteiger partial charge in [0.2, 0.25) is 5.91 Å². The zero-order valence-electron chi connectivity index (χ0n) is 25.3. The molecule has 2 aromatic rings. The number of hydrogen-bond donors (Lipinski definition) is 5. The highest BCUT2D eigenvalue weighted by atomic mass is 35.5. The molecule has 0 bridgehead atoms. The van der Waals surface area contributed by atoms with Gasteiger partial charge in [-0.1, -0.05) is 36.2 Å². The van der Waals surface area contributed by atoms with Crippen molar-refractivity contribution < 1.29 is 19.4 Å². The summed E-state index contributed by atoms with van der Waals surface area (Å²) in [7, 11) is 0. The van der Waals surface area contributed by atoms with Crippen LogP contribution in [0.2, 0.25) is 10.2 Å². The third-order valence-electron chi connectivity index (χ3n) is 11.0. The molecule has 1 saturated heterocycles. The van der Waals surface area contributed by atoms with Crippen LogP contribution in [-0.4, -0.2) is 58.4 Å². The highest BCUT2D eigenvalue weighted by Gasteiger charge is 2.72. The number of aromatic nitrogens is 1. The molecule has 6 rings (SSSR count). The van der Waals surface area contributed by atoms with Crippen LogP contribution in [0.15, 0.2) is 41.5 Å². The molecule has 1 aromatic heterocycles. The van der Waals surface area contributed by atoms with Gasteiger partial charge in [0.15, 0.2) is 12.3 Å². The number of carboxylic acids is 1. The van der Waals surface area contributed by atoms with E-state index in [0.29, 0.717) is 41.6 Å². The van der Waals surface area contributed by atoms with Crippen molar-refractivity contribution in [1.82, 2.24) is 10.3 Å². The monoisotopic (exact) mass is 654 g/mol. The smallest absolute Gasteiger partial charge is 0.321 e. The number of nitrogens with zero attached hydrogens (tertiary/aromatic N) is 2. The second-order valence-electron chi connectivity index (χ2n) is 13.5. The highest BCUT2D eigenvalue weighted by molar-refractivity contribution is 6.31. The van der Waals surface area contributed by atoms with Gasteiger partial charge in [0.25, 0.3) is 0 Å². The minimum absolute atomic E-state index is 0.0863. The number of carbonyl (C=O) groups is 2. The Morgan fingerprint density at radius 2 is 1.91 bits per heavy atom. The van der Waals surface area contributed by atoms with E-state index in [1.54, 1.807) is 30.5 Å². The molecule has 3 heterocycles. The fourth-order valence-corrected chi connectivity index (χ4v) is 8.94. The summed E-state index contributed by atoms with van der Waals surface area (Å²) < 4.78 is 5.55. The number of nitrogens with one attached hydrogen (secondary N) is 3. The minimum Gasteiger partial charge on any atom is -0.480 e. The number of nitrogens with two attached hydrogens (primary N) is 1. The Balaban J connectivity index is 1.32. The summed E-state index contributed by atoms with van der Waals surface area (Å²) in [5, 5.41) is 25.4. The van der Waals surface area contributed by atoms with Crippen molar-refractivity contribution in [2.75, 3.05) is 11.9 Å². The van der Waals surface area contributed by atoms with Crippen molar-refractivity contribution in [2.24, 2.45) is 22.1 Å². The number of carbonyl (C=O) groups excluding carboxylic acids is 1. The summed E-state index contributed by atoms with van der Waals surface area (Å²) in [6.07, 6.45) is 9.69. The van der Waals surface area contributed by atoms with Crippen molar-refractivity contribution in [3.8, 4) is 0 Å². The Morgan fingerprint density at radius 1 is 1.18 bits per heavy atom. The van der Waals surface area contributed by atoms with Crippen molar-refractivity contribution >= 4 is 53.1 Å². The van der Waals surface area contributed by atoms with Gasteiger partial charge in [0, 0.05) is 46.9 Å². The molecule has 2 saturated carbocycles. The second kappa shape index (κ2) is 12.3. The van der Waals surface area contributed by atoms with E-state index >= 15 is 0 Å². The maximum Gasteiger partial charge on any atom is 0.321 e. The number of aliphatic imine (C=N–C) groups is 1. The van der Waals surface area contributed by atoms with Crippen molar-refractivity contribution in [3.05, 3.63) is 57.8 Å². The van der Waals surface area contributed by atoms with E-state index < -0.39 is 28.9 Å². The molecule has 3 atom stereocenters. The Morgan fingerprint density at radius 3 is 2.58 bits per heavy atom. The molecule has 2 spiro atoms. The third kappa shape index (κ3) is 5.53. The Kier molecular flexibility index (Phi) is 8.71. The summed E-state index contributed by atoms with van der Waals surface area (Å²) in [4.78, 5) is 36.3. The second-order valence-corrected chi connectivity index (χ2v) is 14.3. The van der Waals surface area contributed by atoms with Crippen molar-refractivity contribution in [2.45, 2.75) is 93.7 Å². The van der Waals surface area contributed by atoms with Gasteiger partial charge in [-0.3, -0.25) is 25.3 Å². The number of rotatable bonds is 7. The topological polar surface area (TPSA) is 163 Å². The largest absolute Gasteiger partial charge is 0.480 e. The molecule has 0 radical (unpaired) electrons. The van der Waals surface area contributed by atoms with Crippen LogP contribution in [0, 0.1) is 16.7 Å². The molecule has 12 heteroatoms. The van der Waals surface area contributed by atoms with E-state index in [4.69, 9.17) is 44.1 Å². The molecule has 45 heavy (non-hydrogen) atoms. The van der Waals surface area contributed by atoms with E-state index in [1.807, 2.05) is 6.07 Å². The molecule has 3 fully saturated rings. The van der Waals surface area contributed by atoms with Gasteiger partial charge in [0.1, 0.15) is 16.6 Å². The lowest BCUT2D eigenvalue weighted by Crippen LogP contribution is -2.61. The predicted octanol–water partition coefficient (Wildman–Crippen LogP) is 5.67. The number of fused-ring (bicyclic) bond motifs is 3. The zero-order chi connectivity index (χ0) is 32.0. The van der Waals surface area contributed by atoms with Gasteiger partial charge in [-0.25, -0.2) is 4.98 Å². The summed E-state index contributed by atoms with van der Waals surface area (Å²) in [5.74, 6) is -1.20. The molecular formula is C33H40Cl2N6O4. The number of anilines is 1. The van der Waals surface area contributed by atoms with Crippen LogP contribution >= 0.6 is 23.2 Å². The number of halogens is 2.